The number of halogens is 1. The maximum atomic E-state index is 13.4. The van der Waals surface area contributed by atoms with Crippen molar-refractivity contribution in [2.75, 3.05) is 38.4 Å². The number of carbonyl (C=O) groups excluding carboxylic acids is 1. The lowest BCUT2D eigenvalue weighted by atomic mass is 9.84. The van der Waals surface area contributed by atoms with Crippen LogP contribution in [0.5, 0.6) is 0 Å². The Kier molecular flexibility index (Phi) is 19.7. The fraction of sp³-hybridized carbons (Fsp3) is 0.893. The van der Waals surface area contributed by atoms with Crippen LogP contribution in [0, 0.1) is 5.92 Å². The highest BCUT2D eigenvalue weighted by molar-refractivity contribution is 8.02. The van der Waals surface area contributed by atoms with E-state index in [0.717, 1.165) is 44.8 Å². The standard InChI is InChI=1S/C28H52N2O2S2.ClH/c1-3-4-5-6-7-8-9-10-11-12-13-14-15-16-21-32-27(31)28(33-2,24-30-20-22-34-25-30)26-18-17-19-29-23-26;/h20,22,26,29H,3-19,21,23-25H2,1-2H3;1H. The lowest BCUT2D eigenvalue weighted by molar-refractivity contribution is -0.149. The SMILES string of the molecule is CCCCCCCCCCCCCCCCOC(=O)C(CN1C=CSC1)(SC)C1CCCNC1.Cl. The maximum Gasteiger partial charge on any atom is 0.324 e. The van der Waals surface area contributed by atoms with E-state index in [1.54, 1.807) is 23.5 Å². The van der Waals surface area contributed by atoms with E-state index < -0.39 is 4.75 Å². The summed E-state index contributed by atoms with van der Waals surface area (Å²) >= 11 is 3.51. The molecule has 0 aromatic rings. The number of hydrogen-bond donors (Lipinski definition) is 1. The van der Waals surface area contributed by atoms with Crippen molar-refractivity contribution in [3.05, 3.63) is 11.6 Å². The number of rotatable bonds is 20. The Hall–Kier alpha value is -0.0400. The first kappa shape index (κ1) is 33.0. The summed E-state index contributed by atoms with van der Waals surface area (Å²) in [4.78, 5) is 15.7. The van der Waals surface area contributed by atoms with Gasteiger partial charge in [0.05, 0.1) is 12.5 Å². The van der Waals surface area contributed by atoms with E-state index in [1.165, 1.54) is 83.5 Å². The smallest absolute Gasteiger partial charge is 0.324 e. The van der Waals surface area contributed by atoms with E-state index in [2.05, 4.69) is 35.0 Å². The van der Waals surface area contributed by atoms with Gasteiger partial charge in [0.15, 0.2) is 0 Å². The third-order valence-electron chi connectivity index (χ3n) is 7.44. The predicted molar refractivity (Wildman–Crippen MR) is 159 cm³/mol. The van der Waals surface area contributed by atoms with Gasteiger partial charge in [-0.25, -0.2) is 0 Å². The quantitative estimate of drug-likeness (QED) is 0.123. The van der Waals surface area contributed by atoms with E-state index >= 15 is 0 Å². The second-order valence-corrected chi connectivity index (χ2v) is 12.2. The highest BCUT2D eigenvalue weighted by Gasteiger charge is 2.48. The molecule has 0 bridgehead atoms. The summed E-state index contributed by atoms with van der Waals surface area (Å²) in [6.07, 6.45) is 25.3. The fourth-order valence-corrected chi connectivity index (χ4v) is 6.99. The lowest BCUT2D eigenvalue weighted by Crippen LogP contribution is -2.55. The van der Waals surface area contributed by atoms with E-state index in [0.29, 0.717) is 12.5 Å². The van der Waals surface area contributed by atoms with Crippen molar-refractivity contribution in [1.29, 1.82) is 0 Å². The number of nitrogens with zero attached hydrogens (tertiary/aromatic N) is 1. The van der Waals surface area contributed by atoms with Crippen molar-refractivity contribution < 1.29 is 9.53 Å². The monoisotopic (exact) mass is 548 g/mol. The van der Waals surface area contributed by atoms with Crippen LogP contribution in [0.2, 0.25) is 0 Å². The van der Waals surface area contributed by atoms with Gasteiger partial charge in [-0.1, -0.05) is 90.4 Å². The van der Waals surface area contributed by atoms with Crippen LogP contribution in [0.15, 0.2) is 11.6 Å². The van der Waals surface area contributed by atoms with Crippen LogP contribution in [0.3, 0.4) is 0 Å². The van der Waals surface area contributed by atoms with Gasteiger partial charge < -0.3 is 15.0 Å². The van der Waals surface area contributed by atoms with Gasteiger partial charge in [0.2, 0.25) is 0 Å². The molecule has 0 aliphatic carbocycles. The van der Waals surface area contributed by atoms with E-state index in [1.807, 2.05) is 0 Å². The first-order valence-electron chi connectivity index (χ1n) is 14.2. The number of esters is 1. The molecule has 2 aliphatic rings. The molecule has 0 amide bonds. The van der Waals surface area contributed by atoms with Gasteiger partial charge in [0.1, 0.15) is 4.75 Å². The molecule has 1 saturated heterocycles. The number of ether oxygens (including phenoxy) is 1. The fourth-order valence-electron chi connectivity index (χ4n) is 5.22. The number of nitrogens with one attached hydrogen (secondary N) is 1. The molecule has 0 aromatic carbocycles. The molecular weight excluding hydrogens is 496 g/mol. The Morgan fingerprint density at radius 2 is 1.63 bits per heavy atom. The summed E-state index contributed by atoms with van der Waals surface area (Å²) in [6.45, 7) is 5.59. The summed E-state index contributed by atoms with van der Waals surface area (Å²) in [5, 5.41) is 5.64. The average molecular weight is 549 g/mol. The first-order chi connectivity index (χ1) is 16.7. The van der Waals surface area contributed by atoms with Crippen LogP contribution in [0.25, 0.3) is 0 Å². The molecule has 2 unspecified atom stereocenters. The molecule has 0 radical (unpaired) electrons. The summed E-state index contributed by atoms with van der Waals surface area (Å²) in [5.74, 6) is 1.28. The average Bonchev–Trinajstić information content (AvgIpc) is 3.38. The van der Waals surface area contributed by atoms with Gasteiger partial charge in [0, 0.05) is 12.7 Å². The molecule has 206 valence electrons. The summed E-state index contributed by atoms with van der Waals surface area (Å²) in [6, 6.07) is 0. The van der Waals surface area contributed by atoms with Crippen LogP contribution in [0.1, 0.15) is 110 Å². The second-order valence-electron chi connectivity index (χ2n) is 10.2. The van der Waals surface area contributed by atoms with Gasteiger partial charge in [-0.2, -0.15) is 0 Å². The highest BCUT2D eigenvalue weighted by Crippen LogP contribution is 2.39. The Balaban J connectivity index is 0.00000612. The molecule has 35 heavy (non-hydrogen) atoms. The topological polar surface area (TPSA) is 41.6 Å². The van der Waals surface area contributed by atoms with Gasteiger partial charge in [-0.15, -0.1) is 35.9 Å². The van der Waals surface area contributed by atoms with Crippen LogP contribution < -0.4 is 5.32 Å². The number of carbonyl (C=O) groups is 1. The molecule has 2 atom stereocenters. The summed E-state index contributed by atoms with van der Waals surface area (Å²) in [5.41, 5.74) is 0. The Labute approximate surface area is 231 Å². The molecule has 4 nitrogen and oxygen atoms in total. The minimum Gasteiger partial charge on any atom is -0.465 e. The predicted octanol–water partition coefficient (Wildman–Crippen LogP) is 8.01. The Bertz CT molecular complexity index is 561. The van der Waals surface area contributed by atoms with Crippen LogP contribution in [-0.2, 0) is 9.53 Å². The molecule has 0 aromatic heterocycles. The minimum atomic E-state index is -0.474. The lowest BCUT2D eigenvalue weighted by Gasteiger charge is -2.41. The van der Waals surface area contributed by atoms with Crippen molar-refractivity contribution in [2.24, 2.45) is 5.92 Å². The van der Waals surface area contributed by atoms with Crippen molar-refractivity contribution in [3.63, 3.8) is 0 Å². The van der Waals surface area contributed by atoms with Crippen molar-refractivity contribution in [2.45, 2.75) is 114 Å². The van der Waals surface area contributed by atoms with Crippen LogP contribution in [-0.4, -0.2) is 54.0 Å². The highest BCUT2D eigenvalue weighted by atomic mass is 35.5. The minimum absolute atomic E-state index is 0. The van der Waals surface area contributed by atoms with E-state index in [9.17, 15) is 4.79 Å². The summed E-state index contributed by atoms with van der Waals surface area (Å²) in [7, 11) is 0. The molecule has 2 rings (SSSR count). The number of thioether (sulfide) groups is 2. The molecule has 1 fully saturated rings. The van der Waals surface area contributed by atoms with Crippen LogP contribution in [0.4, 0.5) is 0 Å². The van der Waals surface area contributed by atoms with Gasteiger partial charge in [-0.05, 0) is 49.9 Å². The summed E-state index contributed by atoms with van der Waals surface area (Å²) < 4.78 is 5.45. The second kappa shape index (κ2) is 21.0. The zero-order valence-corrected chi connectivity index (χ0v) is 25.0. The number of unbranched alkanes of at least 4 members (excludes halogenated alkanes) is 13. The third kappa shape index (κ3) is 12.8. The molecule has 1 N–H and O–H groups in total. The molecule has 7 heteroatoms. The van der Waals surface area contributed by atoms with Gasteiger partial charge >= 0.3 is 5.97 Å². The van der Waals surface area contributed by atoms with Crippen LogP contribution >= 0.6 is 35.9 Å². The molecule has 0 saturated carbocycles. The largest absolute Gasteiger partial charge is 0.465 e. The molecule has 0 spiro atoms. The van der Waals surface area contributed by atoms with Crippen molar-refractivity contribution in [3.8, 4) is 0 Å². The van der Waals surface area contributed by atoms with E-state index in [-0.39, 0.29) is 18.4 Å². The molecule has 2 heterocycles. The third-order valence-corrected chi connectivity index (χ3v) is 9.60. The normalized spacial score (nSPS) is 19.4. The maximum absolute atomic E-state index is 13.4. The van der Waals surface area contributed by atoms with E-state index in [4.69, 9.17) is 4.74 Å². The zero-order chi connectivity index (χ0) is 24.3. The number of piperidine rings is 1. The van der Waals surface area contributed by atoms with Crippen molar-refractivity contribution in [1.82, 2.24) is 10.2 Å². The Morgan fingerprint density at radius 1 is 1.03 bits per heavy atom. The van der Waals surface area contributed by atoms with Gasteiger partial charge in [0.25, 0.3) is 0 Å². The van der Waals surface area contributed by atoms with Crippen molar-refractivity contribution >= 4 is 41.9 Å². The molecular formula is C28H53ClN2O2S2. The van der Waals surface area contributed by atoms with Gasteiger partial charge in [-0.3, -0.25) is 4.79 Å². The Morgan fingerprint density at radius 3 is 2.11 bits per heavy atom. The first-order valence-corrected chi connectivity index (χ1v) is 16.5. The molecule has 2 aliphatic heterocycles. The zero-order valence-electron chi connectivity index (χ0n) is 22.6. The number of hydrogen-bond acceptors (Lipinski definition) is 6.